The molecule has 0 spiro atoms. The van der Waals surface area contributed by atoms with Crippen molar-refractivity contribution in [3.05, 3.63) is 35.6 Å². The Morgan fingerprint density at radius 2 is 2.09 bits per heavy atom. The Hall–Kier alpha value is -1.62. The van der Waals surface area contributed by atoms with E-state index in [1.54, 1.807) is 12.1 Å². The van der Waals surface area contributed by atoms with E-state index in [-0.39, 0.29) is 5.82 Å². The Morgan fingerprint density at radius 1 is 1.26 bits per heavy atom. The molecule has 126 valence electrons. The fourth-order valence-electron chi connectivity index (χ4n) is 3.17. The van der Waals surface area contributed by atoms with Gasteiger partial charge in [0.2, 0.25) is 0 Å². The monoisotopic (exact) mass is 318 g/mol. The first-order valence-corrected chi connectivity index (χ1v) is 8.76. The van der Waals surface area contributed by atoms with Crippen LogP contribution in [0.1, 0.15) is 31.7 Å². The fourth-order valence-corrected chi connectivity index (χ4v) is 3.17. The van der Waals surface area contributed by atoms with E-state index in [1.165, 1.54) is 38.4 Å². The summed E-state index contributed by atoms with van der Waals surface area (Å²) in [6, 6.07) is 7.68. The lowest BCUT2D eigenvalue weighted by molar-refractivity contribution is 0.314. The summed E-state index contributed by atoms with van der Waals surface area (Å²) < 4.78 is 13.7. The molecule has 1 heterocycles. The maximum Gasteiger partial charge on any atom is 0.191 e. The predicted molar refractivity (Wildman–Crippen MR) is 91.9 cm³/mol. The number of nitrogens with zero attached hydrogens (tertiary/aromatic N) is 2. The minimum Gasteiger partial charge on any atom is -0.357 e. The van der Waals surface area contributed by atoms with Gasteiger partial charge in [0, 0.05) is 31.2 Å². The molecule has 0 aromatic heterocycles. The molecule has 1 aromatic rings. The van der Waals surface area contributed by atoms with Crippen LogP contribution in [0.5, 0.6) is 0 Å². The molecule has 2 fully saturated rings. The minimum atomic E-state index is -0.192. The van der Waals surface area contributed by atoms with Gasteiger partial charge in [-0.1, -0.05) is 18.2 Å². The second-order valence-electron chi connectivity index (χ2n) is 6.55. The standard InChI is InChI=1S/C18H27FN4/c1-2-20-18(22-12-15-5-3-4-6-17(15)19)21-11-14-9-10-23(13-14)16-7-8-16/h3-6,14,16H,2,7-13H2,1H3,(H2,20,21,22). The summed E-state index contributed by atoms with van der Waals surface area (Å²) in [5.41, 5.74) is 0.630. The second-order valence-corrected chi connectivity index (χ2v) is 6.55. The summed E-state index contributed by atoms with van der Waals surface area (Å²) in [6.45, 7) is 6.59. The zero-order valence-corrected chi connectivity index (χ0v) is 13.9. The van der Waals surface area contributed by atoms with Crippen molar-refractivity contribution in [1.29, 1.82) is 0 Å². The summed E-state index contributed by atoms with van der Waals surface area (Å²) in [5, 5.41) is 6.67. The topological polar surface area (TPSA) is 39.7 Å². The van der Waals surface area contributed by atoms with Crippen molar-refractivity contribution >= 4 is 5.96 Å². The third-order valence-electron chi connectivity index (χ3n) is 4.65. The van der Waals surface area contributed by atoms with Gasteiger partial charge in [-0.25, -0.2) is 9.38 Å². The molecule has 5 heteroatoms. The summed E-state index contributed by atoms with van der Waals surface area (Å²) in [4.78, 5) is 7.13. The number of hydrogen-bond acceptors (Lipinski definition) is 2. The molecule has 1 unspecified atom stereocenters. The highest BCUT2D eigenvalue weighted by Crippen LogP contribution is 2.31. The molecule has 4 nitrogen and oxygen atoms in total. The van der Waals surface area contributed by atoms with Crippen molar-refractivity contribution in [2.75, 3.05) is 26.2 Å². The van der Waals surface area contributed by atoms with E-state index in [4.69, 9.17) is 0 Å². The lowest BCUT2D eigenvalue weighted by Crippen LogP contribution is -2.40. The van der Waals surface area contributed by atoms with E-state index >= 15 is 0 Å². The van der Waals surface area contributed by atoms with Gasteiger partial charge in [-0.05, 0) is 44.7 Å². The lowest BCUT2D eigenvalue weighted by Gasteiger charge is -2.17. The third kappa shape index (κ3) is 4.67. The molecule has 1 aliphatic carbocycles. The average Bonchev–Trinajstić information content (AvgIpc) is 3.30. The first-order valence-electron chi connectivity index (χ1n) is 8.76. The first-order chi connectivity index (χ1) is 11.3. The summed E-state index contributed by atoms with van der Waals surface area (Å²) in [6.07, 6.45) is 4.02. The van der Waals surface area contributed by atoms with E-state index in [0.717, 1.165) is 25.1 Å². The molecule has 2 N–H and O–H groups in total. The van der Waals surface area contributed by atoms with Crippen LogP contribution >= 0.6 is 0 Å². The van der Waals surface area contributed by atoms with Crippen molar-refractivity contribution in [1.82, 2.24) is 15.5 Å². The first kappa shape index (κ1) is 16.2. The minimum absolute atomic E-state index is 0.192. The highest BCUT2D eigenvalue weighted by Gasteiger charge is 2.34. The number of aliphatic imine (C=N–C) groups is 1. The quantitative estimate of drug-likeness (QED) is 0.625. The van der Waals surface area contributed by atoms with E-state index in [2.05, 4.69) is 20.5 Å². The molecule has 0 bridgehead atoms. The molecule has 1 aliphatic heterocycles. The highest BCUT2D eigenvalue weighted by molar-refractivity contribution is 5.79. The smallest absolute Gasteiger partial charge is 0.191 e. The van der Waals surface area contributed by atoms with E-state index in [1.807, 2.05) is 13.0 Å². The molecule has 1 saturated heterocycles. The predicted octanol–water partition coefficient (Wildman–Crippen LogP) is 2.37. The summed E-state index contributed by atoms with van der Waals surface area (Å²) in [7, 11) is 0. The van der Waals surface area contributed by atoms with Gasteiger partial charge in [0.05, 0.1) is 6.54 Å². The van der Waals surface area contributed by atoms with Crippen molar-refractivity contribution in [3.8, 4) is 0 Å². The average molecular weight is 318 g/mol. The molecule has 1 atom stereocenters. The van der Waals surface area contributed by atoms with Gasteiger partial charge in [-0.15, -0.1) is 0 Å². The Balaban J connectivity index is 1.50. The van der Waals surface area contributed by atoms with Crippen molar-refractivity contribution in [2.24, 2.45) is 10.9 Å². The molecule has 2 aliphatic rings. The van der Waals surface area contributed by atoms with Gasteiger partial charge >= 0.3 is 0 Å². The van der Waals surface area contributed by atoms with Gasteiger partial charge < -0.3 is 15.5 Å². The second kappa shape index (κ2) is 7.77. The molecule has 23 heavy (non-hydrogen) atoms. The SMILES string of the molecule is CCNC(=NCc1ccccc1F)NCC1CCN(C2CC2)C1. The molecule has 1 aromatic carbocycles. The molecule has 1 saturated carbocycles. The van der Waals surface area contributed by atoms with Gasteiger partial charge in [0.1, 0.15) is 5.82 Å². The normalized spacial score (nSPS) is 22.3. The maximum absolute atomic E-state index is 13.7. The van der Waals surface area contributed by atoms with Crippen molar-refractivity contribution in [2.45, 2.75) is 38.8 Å². The van der Waals surface area contributed by atoms with Crippen LogP contribution in [0.25, 0.3) is 0 Å². The van der Waals surface area contributed by atoms with Crippen LogP contribution in [0.4, 0.5) is 4.39 Å². The number of hydrogen-bond donors (Lipinski definition) is 2. The van der Waals surface area contributed by atoms with Crippen LogP contribution in [-0.2, 0) is 6.54 Å². The summed E-state index contributed by atoms with van der Waals surface area (Å²) in [5.74, 6) is 1.27. The van der Waals surface area contributed by atoms with Crippen LogP contribution in [0.2, 0.25) is 0 Å². The van der Waals surface area contributed by atoms with Crippen molar-refractivity contribution < 1.29 is 4.39 Å². The largest absolute Gasteiger partial charge is 0.357 e. The van der Waals surface area contributed by atoms with E-state index in [0.29, 0.717) is 18.0 Å². The van der Waals surface area contributed by atoms with E-state index < -0.39 is 0 Å². The molecular weight excluding hydrogens is 291 g/mol. The maximum atomic E-state index is 13.7. The Labute approximate surface area is 138 Å². The molecule has 0 amide bonds. The third-order valence-corrected chi connectivity index (χ3v) is 4.65. The zero-order valence-electron chi connectivity index (χ0n) is 13.9. The number of nitrogens with one attached hydrogen (secondary N) is 2. The highest BCUT2D eigenvalue weighted by atomic mass is 19.1. The van der Waals surface area contributed by atoms with Gasteiger partial charge in [-0.2, -0.15) is 0 Å². The Kier molecular flexibility index (Phi) is 5.49. The molecular formula is C18H27FN4. The molecule has 0 radical (unpaired) electrons. The summed E-state index contributed by atoms with van der Waals surface area (Å²) >= 11 is 0. The van der Waals surface area contributed by atoms with Gasteiger partial charge in [0.25, 0.3) is 0 Å². The number of benzene rings is 1. The van der Waals surface area contributed by atoms with Gasteiger partial charge in [-0.3, -0.25) is 0 Å². The zero-order chi connectivity index (χ0) is 16.1. The van der Waals surface area contributed by atoms with Crippen LogP contribution in [0.15, 0.2) is 29.3 Å². The molecule has 3 rings (SSSR count). The van der Waals surface area contributed by atoms with Crippen LogP contribution in [-0.4, -0.2) is 43.1 Å². The number of rotatable bonds is 6. The Morgan fingerprint density at radius 3 is 2.83 bits per heavy atom. The van der Waals surface area contributed by atoms with Gasteiger partial charge in [0.15, 0.2) is 5.96 Å². The van der Waals surface area contributed by atoms with Crippen molar-refractivity contribution in [3.63, 3.8) is 0 Å². The van der Waals surface area contributed by atoms with Crippen LogP contribution in [0.3, 0.4) is 0 Å². The van der Waals surface area contributed by atoms with Crippen LogP contribution < -0.4 is 10.6 Å². The number of likely N-dealkylation sites (tertiary alicyclic amines) is 1. The van der Waals surface area contributed by atoms with E-state index in [9.17, 15) is 4.39 Å². The van der Waals surface area contributed by atoms with Crippen LogP contribution in [0, 0.1) is 11.7 Å². The fraction of sp³-hybridized carbons (Fsp3) is 0.611. The number of guanidine groups is 1. The lowest BCUT2D eigenvalue weighted by atomic mass is 10.1. The Bertz CT molecular complexity index is 542. The number of halogens is 1.